The highest BCUT2D eigenvalue weighted by Gasteiger charge is 2.14. The van der Waals surface area contributed by atoms with E-state index in [1.54, 1.807) is 17.3 Å². The molecule has 1 heterocycles. The van der Waals surface area contributed by atoms with E-state index in [0.717, 1.165) is 24.2 Å². The van der Waals surface area contributed by atoms with Gasteiger partial charge in [0.25, 0.3) is 0 Å². The van der Waals surface area contributed by atoms with Gasteiger partial charge in [0.1, 0.15) is 11.2 Å². The maximum atomic E-state index is 9.43. The van der Waals surface area contributed by atoms with Crippen molar-refractivity contribution < 1.29 is 0 Å². The molecular formula is C20H24ClN5. The molecule has 0 saturated carbocycles. The number of nitrogens with zero attached hydrogens (tertiary/aromatic N) is 5. The average Bonchev–Trinajstić information content (AvgIpc) is 2.64. The molecule has 2 rings (SSSR count). The third kappa shape index (κ3) is 4.53. The molecule has 0 spiro atoms. The van der Waals surface area contributed by atoms with E-state index in [9.17, 15) is 5.26 Å². The molecule has 6 heteroatoms. The Bertz CT molecular complexity index is 804. The lowest BCUT2D eigenvalue weighted by molar-refractivity contribution is 0.865. The number of hydrogen-bond donors (Lipinski definition) is 0. The molecule has 0 aliphatic rings. The van der Waals surface area contributed by atoms with Crippen LogP contribution in [0, 0.1) is 18.3 Å². The van der Waals surface area contributed by atoms with Gasteiger partial charge in [0.05, 0.1) is 11.8 Å². The first-order valence-corrected chi connectivity index (χ1v) is 9.15. The fourth-order valence-corrected chi connectivity index (χ4v) is 2.97. The van der Waals surface area contributed by atoms with Gasteiger partial charge in [-0.1, -0.05) is 23.7 Å². The monoisotopic (exact) mass is 369 g/mol. The quantitative estimate of drug-likeness (QED) is 0.406. The molecule has 1 aromatic heterocycles. The number of aryl methyl sites for hydroxylation is 1. The van der Waals surface area contributed by atoms with Crippen molar-refractivity contribution in [3.63, 3.8) is 0 Å². The zero-order valence-corrected chi connectivity index (χ0v) is 16.5. The van der Waals surface area contributed by atoms with Crippen molar-refractivity contribution in [1.82, 2.24) is 4.98 Å². The number of pyridine rings is 1. The molecule has 0 radical (unpaired) electrons. The normalized spacial score (nSPS) is 10.8. The second-order valence-corrected chi connectivity index (χ2v) is 6.18. The molecule has 0 unspecified atom stereocenters. The summed E-state index contributed by atoms with van der Waals surface area (Å²) in [7, 11) is 0. The SMILES string of the molecule is CCN(CC)c1ccc(/C=N\N(CC)c2nc(Cl)cc(C)c2C#N)cc1. The summed E-state index contributed by atoms with van der Waals surface area (Å²) in [6, 6.07) is 12.1. The first kappa shape index (κ1) is 19.7. The van der Waals surface area contributed by atoms with Crippen LogP contribution in [-0.4, -0.2) is 30.8 Å². The van der Waals surface area contributed by atoms with E-state index in [1.807, 2.05) is 26.0 Å². The summed E-state index contributed by atoms with van der Waals surface area (Å²) in [6.07, 6.45) is 1.77. The van der Waals surface area contributed by atoms with Crippen LogP contribution in [0.1, 0.15) is 37.5 Å². The first-order valence-electron chi connectivity index (χ1n) is 8.77. The summed E-state index contributed by atoms with van der Waals surface area (Å²) in [5.74, 6) is 0.482. The van der Waals surface area contributed by atoms with E-state index >= 15 is 0 Å². The zero-order chi connectivity index (χ0) is 19.1. The molecular weight excluding hydrogens is 346 g/mol. The molecule has 0 fully saturated rings. The van der Waals surface area contributed by atoms with E-state index in [-0.39, 0.29) is 0 Å². The fraction of sp³-hybridized carbons (Fsp3) is 0.350. The Morgan fingerprint density at radius 2 is 1.81 bits per heavy atom. The Balaban J connectivity index is 2.27. The smallest absolute Gasteiger partial charge is 0.168 e. The molecule has 5 nitrogen and oxygen atoms in total. The van der Waals surface area contributed by atoms with Gasteiger partial charge in [0.2, 0.25) is 0 Å². The lowest BCUT2D eigenvalue weighted by Crippen LogP contribution is -2.21. The van der Waals surface area contributed by atoms with Gasteiger partial charge in [-0.15, -0.1) is 0 Å². The van der Waals surface area contributed by atoms with Gasteiger partial charge in [-0.3, -0.25) is 0 Å². The molecule has 0 amide bonds. The van der Waals surface area contributed by atoms with E-state index < -0.39 is 0 Å². The number of hydrogen-bond acceptors (Lipinski definition) is 5. The Morgan fingerprint density at radius 1 is 1.15 bits per heavy atom. The van der Waals surface area contributed by atoms with Gasteiger partial charge in [-0.05, 0) is 57.0 Å². The number of benzene rings is 1. The highest BCUT2D eigenvalue weighted by Crippen LogP contribution is 2.24. The van der Waals surface area contributed by atoms with Crippen LogP contribution < -0.4 is 9.91 Å². The van der Waals surface area contributed by atoms with E-state index in [4.69, 9.17) is 11.6 Å². The molecule has 0 atom stereocenters. The molecule has 136 valence electrons. The van der Waals surface area contributed by atoms with Crippen LogP contribution in [0.25, 0.3) is 0 Å². The second kappa shape index (κ2) is 9.21. The Morgan fingerprint density at radius 3 is 2.35 bits per heavy atom. The maximum Gasteiger partial charge on any atom is 0.168 e. The number of anilines is 2. The molecule has 0 N–H and O–H groups in total. The predicted molar refractivity (Wildman–Crippen MR) is 109 cm³/mol. The molecule has 0 saturated heterocycles. The topological polar surface area (TPSA) is 55.5 Å². The summed E-state index contributed by atoms with van der Waals surface area (Å²) < 4.78 is 0. The summed E-state index contributed by atoms with van der Waals surface area (Å²) in [5.41, 5.74) is 3.46. The van der Waals surface area contributed by atoms with Crippen LogP contribution in [0.3, 0.4) is 0 Å². The molecule has 0 bridgehead atoms. The van der Waals surface area contributed by atoms with Gasteiger partial charge >= 0.3 is 0 Å². The van der Waals surface area contributed by atoms with Gasteiger partial charge in [0.15, 0.2) is 5.82 Å². The second-order valence-electron chi connectivity index (χ2n) is 5.80. The summed E-state index contributed by atoms with van der Waals surface area (Å²) >= 11 is 6.07. The highest BCUT2D eigenvalue weighted by molar-refractivity contribution is 6.29. The third-order valence-electron chi connectivity index (χ3n) is 4.19. The van der Waals surface area contributed by atoms with Gasteiger partial charge in [0, 0.05) is 25.3 Å². The van der Waals surface area contributed by atoms with Crippen LogP contribution in [0.4, 0.5) is 11.5 Å². The summed E-state index contributed by atoms with van der Waals surface area (Å²) in [5, 5.41) is 16.0. The lowest BCUT2D eigenvalue weighted by atomic mass is 10.1. The zero-order valence-electron chi connectivity index (χ0n) is 15.7. The molecule has 1 aromatic carbocycles. The Kier molecular flexibility index (Phi) is 6.99. The van der Waals surface area contributed by atoms with Crippen molar-refractivity contribution in [3.05, 3.63) is 52.2 Å². The number of hydrazone groups is 1. The standard InChI is InChI=1S/C20H24ClN5/c1-5-25(6-2)17-10-8-16(9-11-17)14-23-26(7-3)20-18(13-22)15(4)12-19(21)24-20/h8-12,14H,5-7H2,1-4H3/b23-14-. The molecule has 26 heavy (non-hydrogen) atoms. The van der Waals surface area contributed by atoms with Crippen LogP contribution in [0.5, 0.6) is 0 Å². The van der Waals surface area contributed by atoms with E-state index in [1.165, 1.54) is 5.69 Å². The minimum absolute atomic E-state index is 0.355. The van der Waals surface area contributed by atoms with Gasteiger partial charge in [-0.25, -0.2) is 9.99 Å². The minimum atomic E-state index is 0.355. The van der Waals surface area contributed by atoms with Crippen molar-refractivity contribution in [2.24, 2.45) is 5.10 Å². The summed E-state index contributed by atoms with van der Waals surface area (Å²) in [4.78, 5) is 6.58. The van der Waals surface area contributed by atoms with Crippen LogP contribution >= 0.6 is 11.6 Å². The molecule has 0 aliphatic heterocycles. The molecule has 2 aromatic rings. The largest absolute Gasteiger partial charge is 0.372 e. The first-order chi connectivity index (χ1) is 12.5. The lowest BCUT2D eigenvalue weighted by Gasteiger charge is -2.21. The van der Waals surface area contributed by atoms with Gasteiger partial charge < -0.3 is 4.90 Å². The Hall–Kier alpha value is -2.58. The number of aromatic nitrogens is 1. The van der Waals surface area contributed by atoms with Crippen molar-refractivity contribution in [1.29, 1.82) is 5.26 Å². The summed E-state index contributed by atoms with van der Waals surface area (Å²) in [6.45, 7) is 10.6. The third-order valence-corrected chi connectivity index (χ3v) is 4.38. The maximum absolute atomic E-state index is 9.43. The van der Waals surface area contributed by atoms with Crippen LogP contribution in [0.15, 0.2) is 35.4 Å². The fourth-order valence-electron chi connectivity index (χ4n) is 2.72. The van der Waals surface area contributed by atoms with E-state index in [0.29, 0.717) is 23.1 Å². The van der Waals surface area contributed by atoms with Crippen molar-refractivity contribution in [2.75, 3.05) is 29.5 Å². The van der Waals surface area contributed by atoms with Crippen molar-refractivity contribution in [3.8, 4) is 6.07 Å². The Labute approximate surface area is 160 Å². The van der Waals surface area contributed by atoms with E-state index in [2.05, 4.69) is 47.0 Å². The van der Waals surface area contributed by atoms with Crippen LogP contribution in [-0.2, 0) is 0 Å². The van der Waals surface area contributed by atoms with Crippen molar-refractivity contribution >= 4 is 29.3 Å². The number of halogens is 1. The number of rotatable bonds is 7. The average molecular weight is 370 g/mol. The van der Waals surface area contributed by atoms with Crippen molar-refractivity contribution in [2.45, 2.75) is 27.7 Å². The van der Waals surface area contributed by atoms with Crippen LogP contribution in [0.2, 0.25) is 5.15 Å². The highest BCUT2D eigenvalue weighted by atomic mass is 35.5. The minimum Gasteiger partial charge on any atom is -0.372 e. The molecule has 0 aliphatic carbocycles. The number of nitriles is 1. The predicted octanol–water partition coefficient (Wildman–Crippen LogP) is 4.62. The van der Waals surface area contributed by atoms with Gasteiger partial charge in [-0.2, -0.15) is 10.4 Å².